The molecule has 4 nitrogen and oxygen atoms in total. The van der Waals surface area contributed by atoms with Gasteiger partial charge >= 0.3 is 0 Å². The van der Waals surface area contributed by atoms with E-state index in [1.54, 1.807) is 53.4 Å². The number of para-hydroxylation sites is 1. The largest absolute Gasteiger partial charge is 0.508 e. The molecule has 3 rings (SSSR count). The summed E-state index contributed by atoms with van der Waals surface area (Å²) in [5.41, 5.74) is 2.56. The van der Waals surface area contributed by atoms with Crippen LogP contribution in [0.4, 0.5) is 5.69 Å². The Morgan fingerprint density at radius 3 is 2.50 bits per heavy atom. The number of phenolic OH excluding ortho intramolecular Hbond substituents is 1. The number of amides is 1. The maximum absolute atomic E-state index is 12.6. The molecule has 0 bridgehead atoms. The first kappa shape index (κ1) is 14.1. The molecule has 0 saturated carbocycles. The van der Waals surface area contributed by atoms with Gasteiger partial charge < -0.3 is 10.0 Å². The van der Waals surface area contributed by atoms with Crippen molar-refractivity contribution in [2.24, 2.45) is 0 Å². The van der Waals surface area contributed by atoms with Crippen molar-refractivity contribution in [3.05, 3.63) is 65.2 Å². The van der Waals surface area contributed by atoms with Crippen LogP contribution in [0.5, 0.6) is 5.75 Å². The van der Waals surface area contributed by atoms with Gasteiger partial charge in [0.05, 0.1) is 12.2 Å². The lowest BCUT2D eigenvalue weighted by Crippen LogP contribution is -2.37. The van der Waals surface area contributed by atoms with Crippen LogP contribution in [0.25, 0.3) is 6.08 Å². The predicted molar refractivity (Wildman–Crippen MR) is 84.9 cm³/mol. The van der Waals surface area contributed by atoms with Crippen LogP contribution < -0.4 is 4.90 Å². The first-order valence-corrected chi connectivity index (χ1v) is 6.97. The molecule has 1 aliphatic rings. The molecule has 110 valence electrons. The molecule has 0 saturated heterocycles. The van der Waals surface area contributed by atoms with Gasteiger partial charge in [0.2, 0.25) is 5.91 Å². The number of Topliss-reactive ketones (excluding diaryl/α,β-unsaturated/α-hetero) is 1. The number of phenols is 1. The first-order valence-electron chi connectivity index (χ1n) is 6.97. The first-order chi connectivity index (χ1) is 10.6. The van der Waals surface area contributed by atoms with Crippen molar-refractivity contribution in [2.75, 3.05) is 11.4 Å². The molecule has 2 aromatic rings. The van der Waals surface area contributed by atoms with Crippen molar-refractivity contribution < 1.29 is 14.7 Å². The number of nitrogens with zero attached hydrogens (tertiary/aromatic N) is 1. The third kappa shape index (κ3) is 2.51. The lowest BCUT2D eigenvalue weighted by atomic mass is 9.94. The van der Waals surface area contributed by atoms with Crippen LogP contribution in [0.2, 0.25) is 0 Å². The Morgan fingerprint density at radius 2 is 1.82 bits per heavy atom. The number of carbonyl (C=O) groups is 2. The van der Waals surface area contributed by atoms with Crippen molar-refractivity contribution in [2.45, 2.75) is 6.92 Å². The quantitative estimate of drug-likeness (QED) is 0.822. The zero-order valence-electron chi connectivity index (χ0n) is 12.1. The molecule has 0 spiro atoms. The number of aromatic hydroxyl groups is 1. The molecule has 1 heterocycles. The van der Waals surface area contributed by atoms with Crippen LogP contribution in [-0.4, -0.2) is 23.3 Å². The average Bonchev–Trinajstić information content (AvgIpc) is 2.52. The average molecular weight is 293 g/mol. The summed E-state index contributed by atoms with van der Waals surface area (Å²) < 4.78 is 0. The topological polar surface area (TPSA) is 57.6 Å². The third-order valence-corrected chi connectivity index (χ3v) is 3.67. The summed E-state index contributed by atoms with van der Waals surface area (Å²) in [6.07, 6.45) is 1.76. The minimum atomic E-state index is -0.100. The monoisotopic (exact) mass is 293 g/mol. The van der Waals surface area contributed by atoms with E-state index >= 15 is 0 Å². The van der Waals surface area contributed by atoms with E-state index in [2.05, 4.69) is 0 Å². The smallest absolute Gasteiger partial charge is 0.224 e. The number of anilines is 1. The summed E-state index contributed by atoms with van der Waals surface area (Å²) >= 11 is 0. The molecule has 1 N–H and O–H groups in total. The van der Waals surface area contributed by atoms with E-state index in [-0.39, 0.29) is 24.0 Å². The SMILES string of the molecule is CC(=O)N1CC(=Cc2ccc(O)cc2)C(=O)c2ccccc21. The zero-order valence-corrected chi connectivity index (χ0v) is 12.1. The Kier molecular flexibility index (Phi) is 3.51. The fourth-order valence-corrected chi connectivity index (χ4v) is 2.57. The van der Waals surface area contributed by atoms with E-state index in [1.807, 2.05) is 6.07 Å². The highest BCUT2D eigenvalue weighted by Gasteiger charge is 2.28. The van der Waals surface area contributed by atoms with Gasteiger partial charge in [-0.25, -0.2) is 0 Å². The molecule has 0 aromatic heterocycles. The molecule has 0 fully saturated rings. The molecule has 0 unspecified atom stereocenters. The Hall–Kier alpha value is -2.88. The van der Waals surface area contributed by atoms with Gasteiger partial charge in [-0.15, -0.1) is 0 Å². The molecule has 22 heavy (non-hydrogen) atoms. The molecule has 0 atom stereocenters. The highest BCUT2D eigenvalue weighted by molar-refractivity contribution is 6.19. The van der Waals surface area contributed by atoms with E-state index in [9.17, 15) is 14.7 Å². The molecule has 0 radical (unpaired) electrons. The van der Waals surface area contributed by atoms with Gasteiger partial charge in [0, 0.05) is 18.1 Å². The van der Waals surface area contributed by atoms with Crippen LogP contribution >= 0.6 is 0 Å². The summed E-state index contributed by atoms with van der Waals surface area (Å²) in [5.74, 6) is 0.00515. The van der Waals surface area contributed by atoms with Gasteiger partial charge in [0.25, 0.3) is 0 Å². The number of ketones is 1. The lowest BCUT2D eigenvalue weighted by Gasteiger charge is -2.29. The standard InChI is InChI=1S/C18H15NO3/c1-12(20)19-11-14(10-13-6-8-15(21)9-7-13)18(22)16-4-2-3-5-17(16)19/h2-10,21H,11H2,1H3. The maximum Gasteiger partial charge on any atom is 0.224 e. The number of rotatable bonds is 1. The summed E-state index contributed by atoms with van der Waals surface area (Å²) in [6.45, 7) is 1.75. The van der Waals surface area contributed by atoms with Crippen molar-refractivity contribution >= 4 is 23.5 Å². The Balaban J connectivity index is 2.06. The second-order valence-electron chi connectivity index (χ2n) is 5.21. The zero-order chi connectivity index (χ0) is 15.7. The second-order valence-corrected chi connectivity index (χ2v) is 5.21. The normalized spacial score (nSPS) is 15.8. The molecular formula is C18H15NO3. The Labute approximate surface area is 128 Å². The second kappa shape index (κ2) is 5.48. The molecule has 1 amide bonds. The summed E-state index contributed by atoms with van der Waals surface area (Å²) in [7, 11) is 0. The minimum Gasteiger partial charge on any atom is -0.508 e. The molecule has 0 aliphatic carbocycles. The highest BCUT2D eigenvalue weighted by Crippen LogP contribution is 2.30. The van der Waals surface area contributed by atoms with Gasteiger partial charge in [-0.2, -0.15) is 0 Å². The highest BCUT2D eigenvalue weighted by atomic mass is 16.3. The number of fused-ring (bicyclic) bond motifs is 1. The van der Waals surface area contributed by atoms with E-state index < -0.39 is 0 Å². The molecule has 1 aliphatic heterocycles. The van der Waals surface area contributed by atoms with E-state index in [4.69, 9.17) is 0 Å². The number of hydrogen-bond acceptors (Lipinski definition) is 3. The van der Waals surface area contributed by atoms with Gasteiger partial charge in [-0.1, -0.05) is 24.3 Å². The lowest BCUT2D eigenvalue weighted by molar-refractivity contribution is -0.116. The minimum absolute atomic E-state index is 0.0684. The van der Waals surface area contributed by atoms with E-state index in [1.165, 1.54) is 6.92 Å². The Bertz CT molecular complexity index is 775. The molecular weight excluding hydrogens is 278 g/mol. The van der Waals surface area contributed by atoms with Gasteiger partial charge in [-0.3, -0.25) is 9.59 Å². The van der Waals surface area contributed by atoms with Gasteiger partial charge in [0.15, 0.2) is 5.78 Å². The third-order valence-electron chi connectivity index (χ3n) is 3.67. The maximum atomic E-state index is 12.6. The summed E-state index contributed by atoms with van der Waals surface area (Å²) in [4.78, 5) is 26.1. The van der Waals surface area contributed by atoms with Crippen molar-refractivity contribution in [1.29, 1.82) is 0 Å². The van der Waals surface area contributed by atoms with Crippen molar-refractivity contribution in [1.82, 2.24) is 0 Å². The van der Waals surface area contributed by atoms with Crippen LogP contribution in [0.1, 0.15) is 22.8 Å². The van der Waals surface area contributed by atoms with E-state index in [0.717, 1.165) is 5.56 Å². The number of benzene rings is 2. The van der Waals surface area contributed by atoms with Crippen LogP contribution in [0.3, 0.4) is 0 Å². The fourth-order valence-electron chi connectivity index (χ4n) is 2.57. The van der Waals surface area contributed by atoms with Crippen LogP contribution in [-0.2, 0) is 4.79 Å². The number of carbonyl (C=O) groups excluding carboxylic acids is 2. The number of hydrogen-bond donors (Lipinski definition) is 1. The van der Waals surface area contributed by atoms with Gasteiger partial charge in [-0.05, 0) is 35.9 Å². The summed E-state index contributed by atoms with van der Waals surface area (Å²) in [5, 5.41) is 9.32. The van der Waals surface area contributed by atoms with Crippen molar-refractivity contribution in [3.63, 3.8) is 0 Å². The van der Waals surface area contributed by atoms with Crippen LogP contribution in [0, 0.1) is 0 Å². The summed E-state index contributed by atoms with van der Waals surface area (Å²) in [6, 6.07) is 13.7. The molecule has 4 heteroatoms. The van der Waals surface area contributed by atoms with Crippen LogP contribution in [0.15, 0.2) is 54.1 Å². The Morgan fingerprint density at radius 1 is 1.14 bits per heavy atom. The molecule has 2 aromatic carbocycles. The van der Waals surface area contributed by atoms with Gasteiger partial charge in [0.1, 0.15) is 5.75 Å². The van der Waals surface area contributed by atoms with E-state index in [0.29, 0.717) is 16.8 Å². The fraction of sp³-hybridized carbons (Fsp3) is 0.111. The van der Waals surface area contributed by atoms with Crippen molar-refractivity contribution in [3.8, 4) is 5.75 Å². The predicted octanol–water partition coefficient (Wildman–Crippen LogP) is 3.03.